The molecule has 0 bridgehead atoms. The lowest BCUT2D eigenvalue weighted by molar-refractivity contribution is 0.120. The van der Waals surface area contributed by atoms with E-state index in [4.69, 9.17) is 4.74 Å². The minimum absolute atomic E-state index is 0.685. The fourth-order valence-electron chi connectivity index (χ4n) is 2.77. The number of nitrogens with one attached hydrogen (secondary N) is 1. The van der Waals surface area contributed by atoms with Gasteiger partial charge in [0.05, 0.1) is 6.61 Å². The molecule has 1 aliphatic rings. The fourth-order valence-corrected chi connectivity index (χ4v) is 2.77. The summed E-state index contributed by atoms with van der Waals surface area (Å²) < 4.78 is 5.21. The molecule has 1 fully saturated rings. The van der Waals surface area contributed by atoms with E-state index in [2.05, 4.69) is 24.1 Å². The first-order chi connectivity index (χ1) is 8.77. The maximum atomic E-state index is 5.21. The first-order valence-corrected chi connectivity index (χ1v) is 7.71. The number of hydrogen-bond donors (Lipinski definition) is 1. The number of hydrogen-bond acceptors (Lipinski definition) is 3. The molecule has 1 rings (SSSR count). The summed E-state index contributed by atoms with van der Waals surface area (Å²) in [4.78, 5) is 2.58. The smallest absolute Gasteiger partial charge is 0.0589 e. The second kappa shape index (κ2) is 9.76. The van der Waals surface area contributed by atoms with Gasteiger partial charge in [-0.2, -0.15) is 0 Å². The second-order valence-corrected chi connectivity index (χ2v) is 5.64. The molecule has 0 aromatic rings. The zero-order chi connectivity index (χ0) is 13.2. The van der Waals surface area contributed by atoms with Crippen LogP contribution in [-0.2, 0) is 4.74 Å². The summed E-state index contributed by atoms with van der Waals surface area (Å²) in [6.07, 6.45) is 6.74. The van der Waals surface area contributed by atoms with Crippen molar-refractivity contribution in [2.24, 2.45) is 5.92 Å². The van der Waals surface area contributed by atoms with Crippen molar-refractivity contribution in [1.29, 1.82) is 0 Å². The Bertz CT molecular complexity index is 193. The van der Waals surface area contributed by atoms with E-state index in [0.717, 1.165) is 19.1 Å². The molecule has 0 spiro atoms. The lowest BCUT2D eigenvalue weighted by Crippen LogP contribution is -2.37. The average Bonchev–Trinajstić information content (AvgIpc) is 2.43. The second-order valence-electron chi connectivity index (χ2n) is 5.64. The van der Waals surface area contributed by atoms with E-state index >= 15 is 0 Å². The van der Waals surface area contributed by atoms with E-state index in [1.54, 1.807) is 7.11 Å². The Hall–Kier alpha value is -0.120. The molecule has 0 saturated carbocycles. The maximum Gasteiger partial charge on any atom is 0.0589 e. The summed E-state index contributed by atoms with van der Waals surface area (Å²) in [6, 6.07) is 0.685. The molecule has 0 amide bonds. The van der Waals surface area contributed by atoms with Gasteiger partial charge in [-0.25, -0.2) is 0 Å². The van der Waals surface area contributed by atoms with Gasteiger partial charge in [-0.15, -0.1) is 0 Å². The van der Waals surface area contributed by atoms with Crippen molar-refractivity contribution in [3.05, 3.63) is 0 Å². The third-order valence-corrected chi connectivity index (χ3v) is 4.25. The lowest BCUT2D eigenvalue weighted by Gasteiger charge is -2.29. The lowest BCUT2D eigenvalue weighted by atomic mass is 9.94. The predicted molar refractivity (Wildman–Crippen MR) is 78.0 cm³/mol. The minimum atomic E-state index is 0.685. The molecular weight excluding hydrogens is 224 g/mol. The Morgan fingerprint density at radius 2 is 2.22 bits per heavy atom. The summed E-state index contributed by atoms with van der Waals surface area (Å²) in [5, 5.41) is 3.51. The van der Waals surface area contributed by atoms with Crippen LogP contribution in [0.15, 0.2) is 0 Å². The predicted octanol–water partition coefficient (Wildman–Crippen LogP) is 2.51. The molecule has 108 valence electrons. The largest absolute Gasteiger partial charge is 0.383 e. The number of methoxy groups -OCH3 is 1. The summed E-state index contributed by atoms with van der Waals surface area (Å²) in [6.45, 7) is 10.2. The Labute approximate surface area is 113 Å². The van der Waals surface area contributed by atoms with Crippen LogP contribution < -0.4 is 5.32 Å². The van der Waals surface area contributed by atoms with E-state index in [-0.39, 0.29) is 0 Å². The van der Waals surface area contributed by atoms with Crippen molar-refractivity contribution in [3.8, 4) is 0 Å². The molecule has 0 aliphatic carbocycles. The van der Waals surface area contributed by atoms with Gasteiger partial charge in [-0.1, -0.05) is 6.92 Å². The van der Waals surface area contributed by atoms with Gasteiger partial charge in [-0.3, -0.25) is 4.90 Å². The third kappa shape index (κ3) is 6.17. The van der Waals surface area contributed by atoms with Gasteiger partial charge >= 0.3 is 0 Å². The summed E-state index contributed by atoms with van der Waals surface area (Å²) in [5.41, 5.74) is 0. The van der Waals surface area contributed by atoms with Crippen molar-refractivity contribution in [2.75, 3.05) is 39.9 Å². The topological polar surface area (TPSA) is 24.5 Å². The van der Waals surface area contributed by atoms with E-state index in [1.165, 1.54) is 51.7 Å². The monoisotopic (exact) mass is 256 g/mol. The summed E-state index contributed by atoms with van der Waals surface area (Å²) in [5.74, 6) is 0.917. The normalized spacial score (nSPS) is 22.3. The highest BCUT2D eigenvalue weighted by atomic mass is 16.5. The van der Waals surface area contributed by atoms with Gasteiger partial charge in [0.2, 0.25) is 0 Å². The molecule has 0 aromatic heterocycles. The molecule has 18 heavy (non-hydrogen) atoms. The molecule has 3 nitrogen and oxygen atoms in total. The molecule has 0 radical (unpaired) electrons. The molecule has 0 aromatic carbocycles. The first kappa shape index (κ1) is 15.9. The standard InChI is InChI=1S/C15H32N2O/c1-4-14(2)17(11-12-18-3)10-6-8-15-7-5-9-16-13-15/h14-16H,4-13H2,1-3H3. The molecule has 1 saturated heterocycles. The number of piperidine rings is 1. The zero-order valence-electron chi connectivity index (χ0n) is 12.6. The third-order valence-electron chi connectivity index (χ3n) is 4.25. The molecular formula is C15H32N2O. The van der Waals surface area contributed by atoms with Gasteiger partial charge in [0, 0.05) is 19.7 Å². The van der Waals surface area contributed by atoms with Crippen LogP contribution in [0.1, 0.15) is 46.0 Å². The Morgan fingerprint density at radius 3 is 2.83 bits per heavy atom. The van der Waals surface area contributed by atoms with Crippen LogP contribution in [0, 0.1) is 5.92 Å². The Morgan fingerprint density at radius 1 is 1.39 bits per heavy atom. The van der Waals surface area contributed by atoms with Crippen LogP contribution in [0.2, 0.25) is 0 Å². The Kier molecular flexibility index (Phi) is 8.64. The quantitative estimate of drug-likeness (QED) is 0.686. The Balaban J connectivity index is 2.18. The number of rotatable bonds is 9. The van der Waals surface area contributed by atoms with Gasteiger partial charge in [0.1, 0.15) is 0 Å². The first-order valence-electron chi connectivity index (χ1n) is 7.71. The van der Waals surface area contributed by atoms with Gasteiger partial charge in [0.25, 0.3) is 0 Å². The highest BCUT2D eigenvalue weighted by Gasteiger charge is 2.15. The van der Waals surface area contributed by atoms with Crippen molar-refractivity contribution in [3.63, 3.8) is 0 Å². The molecule has 3 heteroatoms. The van der Waals surface area contributed by atoms with Gasteiger partial charge in [0.15, 0.2) is 0 Å². The maximum absolute atomic E-state index is 5.21. The molecule has 1 heterocycles. The van der Waals surface area contributed by atoms with Crippen LogP contribution >= 0.6 is 0 Å². The summed E-state index contributed by atoms with van der Waals surface area (Å²) in [7, 11) is 1.79. The molecule has 2 unspecified atom stereocenters. The van der Waals surface area contributed by atoms with Crippen LogP contribution in [0.5, 0.6) is 0 Å². The van der Waals surface area contributed by atoms with Crippen LogP contribution in [-0.4, -0.2) is 50.8 Å². The van der Waals surface area contributed by atoms with Crippen molar-refractivity contribution in [1.82, 2.24) is 10.2 Å². The van der Waals surface area contributed by atoms with Crippen molar-refractivity contribution in [2.45, 2.75) is 52.0 Å². The average molecular weight is 256 g/mol. The van der Waals surface area contributed by atoms with E-state index in [1.807, 2.05) is 0 Å². The van der Waals surface area contributed by atoms with Gasteiger partial charge < -0.3 is 10.1 Å². The number of ether oxygens (including phenoxy) is 1. The van der Waals surface area contributed by atoms with E-state index in [9.17, 15) is 0 Å². The fraction of sp³-hybridized carbons (Fsp3) is 1.00. The zero-order valence-corrected chi connectivity index (χ0v) is 12.6. The molecule has 2 atom stereocenters. The highest BCUT2D eigenvalue weighted by Crippen LogP contribution is 2.16. The van der Waals surface area contributed by atoms with E-state index < -0.39 is 0 Å². The minimum Gasteiger partial charge on any atom is -0.383 e. The summed E-state index contributed by atoms with van der Waals surface area (Å²) >= 11 is 0. The van der Waals surface area contributed by atoms with Crippen molar-refractivity contribution < 1.29 is 4.74 Å². The van der Waals surface area contributed by atoms with Crippen molar-refractivity contribution >= 4 is 0 Å². The van der Waals surface area contributed by atoms with Crippen LogP contribution in [0.25, 0.3) is 0 Å². The van der Waals surface area contributed by atoms with Crippen LogP contribution in [0.3, 0.4) is 0 Å². The highest BCUT2D eigenvalue weighted by molar-refractivity contribution is 4.71. The SMILES string of the molecule is CCC(C)N(CCCC1CCCNC1)CCOC. The molecule has 1 aliphatic heterocycles. The number of nitrogens with zero attached hydrogens (tertiary/aromatic N) is 1. The van der Waals surface area contributed by atoms with E-state index in [0.29, 0.717) is 6.04 Å². The van der Waals surface area contributed by atoms with Crippen LogP contribution in [0.4, 0.5) is 0 Å². The van der Waals surface area contributed by atoms with Gasteiger partial charge in [-0.05, 0) is 64.6 Å². The molecule has 1 N–H and O–H groups in total.